The highest BCUT2D eigenvalue weighted by atomic mass is 16.5. The predicted molar refractivity (Wildman–Crippen MR) is 71.5 cm³/mol. The van der Waals surface area contributed by atoms with Gasteiger partial charge in [0.2, 0.25) is 0 Å². The Morgan fingerprint density at radius 3 is 2.89 bits per heavy atom. The summed E-state index contributed by atoms with van der Waals surface area (Å²) in [5.74, 6) is 1.27. The topological polar surface area (TPSA) is 63.8 Å². The van der Waals surface area contributed by atoms with Crippen LogP contribution in [-0.4, -0.2) is 19.2 Å². The van der Waals surface area contributed by atoms with Crippen molar-refractivity contribution in [2.45, 2.75) is 6.92 Å². The van der Waals surface area contributed by atoms with Gasteiger partial charge in [0, 0.05) is 0 Å². The number of ether oxygens (including phenoxy) is 1. The first-order chi connectivity index (χ1) is 9.19. The summed E-state index contributed by atoms with van der Waals surface area (Å²) in [5, 5.41) is 3.86. The van der Waals surface area contributed by atoms with Crippen LogP contribution in [0.25, 0.3) is 0 Å². The molecule has 0 saturated carbocycles. The molecule has 0 aliphatic rings. The molecule has 0 radical (unpaired) electrons. The third kappa shape index (κ3) is 3.45. The minimum Gasteiger partial charge on any atom is -0.497 e. The van der Waals surface area contributed by atoms with Gasteiger partial charge in [-0.2, -0.15) is 5.10 Å². The van der Waals surface area contributed by atoms with Crippen LogP contribution >= 0.6 is 0 Å². The third-order valence-corrected chi connectivity index (χ3v) is 2.44. The van der Waals surface area contributed by atoms with Crippen molar-refractivity contribution < 1.29 is 13.9 Å². The van der Waals surface area contributed by atoms with E-state index in [-0.39, 0.29) is 11.7 Å². The van der Waals surface area contributed by atoms with Gasteiger partial charge in [0.15, 0.2) is 5.76 Å². The van der Waals surface area contributed by atoms with Gasteiger partial charge >= 0.3 is 5.91 Å². The summed E-state index contributed by atoms with van der Waals surface area (Å²) in [4.78, 5) is 11.6. The standard InChI is InChI=1S/C14H14N2O3/c1-10-6-7-13(19-10)14(17)16-15-9-11-4-3-5-12(8-11)18-2/h3-9H,1-2H3,(H,16,17). The Hall–Kier alpha value is -2.56. The number of carbonyl (C=O) groups is 1. The molecule has 2 rings (SSSR count). The maximum Gasteiger partial charge on any atom is 0.307 e. The Balaban J connectivity index is 1.97. The van der Waals surface area contributed by atoms with Crippen LogP contribution in [0.1, 0.15) is 21.9 Å². The number of hydrogen-bond acceptors (Lipinski definition) is 4. The predicted octanol–water partition coefficient (Wildman–Crippen LogP) is 2.36. The maximum absolute atomic E-state index is 11.6. The average molecular weight is 258 g/mol. The molecule has 0 aliphatic carbocycles. The summed E-state index contributed by atoms with van der Waals surface area (Å²) in [7, 11) is 1.59. The lowest BCUT2D eigenvalue weighted by atomic mass is 10.2. The Morgan fingerprint density at radius 1 is 1.37 bits per heavy atom. The number of furan rings is 1. The molecule has 0 fully saturated rings. The molecule has 0 saturated heterocycles. The summed E-state index contributed by atoms with van der Waals surface area (Å²) in [6, 6.07) is 10.7. The van der Waals surface area contributed by atoms with Gasteiger partial charge in [-0.25, -0.2) is 5.43 Å². The van der Waals surface area contributed by atoms with Crippen molar-refractivity contribution in [1.82, 2.24) is 5.43 Å². The molecule has 0 spiro atoms. The highest BCUT2D eigenvalue weighted by molar-refractivity contribution is 5.92. The maximum atomic E-state index is 11.6. The lowest BCUT2D eigenvalue weighted by molar-refractivity contribution is 0.0926. The molecule has 0 atom stereocenters. The SMILES string of the molecule is COc1cccc(C=NNC(=O)c2ccc(C)o2)c1. The van der Waals surface area contributed by atoms with Crippen LogP contribution in [0.2, 0.25) is 0 Å². The smallest absolute Gasteiger partial charge is 0.307 e. The second-order valence-corrected chi connectivity index (χ2v) is 3.89. The summed E-state index contributed by atoms with van der Waals surface area (Å²) in [6.45, 7) is 1.77. The van der Waals surface area contributed by atoms with Gasteiger partial charge in [0.05, 0.1) is 13.3 Å². The number of hydrazone groups is 1. The molecular formula is C14H14N2O3. The number of methoxy groups -OCH3 is 1. The first-order valence-electron chi connectivity index (χ1n) is 5.73. The first kappa shape index (κ1) is 12.9. The quantitative estimate of drug-likeness (QED) is 0.676. The molecule has 5 nitrogen and oxygen atoms in total. The summed E-state index contributed by atoms with van der Waals surface area (Å²) in [5.41, 5.74) is 3.22. The zero-order valence-corrected chi connectivity index (χ0v) is 10.7. The molecule has 2 aromatic rings. The Kier molecular flexibility index (Phi) is 3.97. The van der Waals surface area contributed by atoms with Crippen LogP contribution < -0.4 is 10.2 Å². The van der Waals surface area contributed by atoms with Crippen molar-refractivity contribution >= 4 is 12.1 Å². The van der Waals surface area contributed by atoms with Crippen LogP contribution in [0, 0.1) is 6.92 Å². The van der Waals surface area contributed by atoms with Gasteiger partial charge in [-0.15, -0.1) is 0 Å². The fraction of sp³-hybridized carbons (Fsp3) is 0.143. The molecule has 0 unspecified atom stereocenters. The second-order valence-electron chi connectivity index (χ2n) is 3.89. The zero-order valence-electron chi connectivity index (χ0n) is 10.7. The molecule has 98 valence electrons. The fourth-order valence-corrected chi connectivity index (χ4v) is 1.50. The number of nitrogens with one attached hydrogen (secondary N) is 1. The lowest BCUT2D eigenvalue weighted by Crippen LogP contribution is -2.16. The van der Waals surface area contributed by atoms with E-state index in [1.165, 1.54) is 6.21 Å². The van der Waals surface area contributed by atoms with Gasteiger partial charge in [0.25, 0.3) is 0 Å². The van der Waals surface area contributed by atoms with Crippen molar-refractivity contribution in [3.05, 3.63) is 53.5 Å². The van der Waals surface area contributed by atoms with Crippen molar-refractivity contribution in [1.29, 1.82) is 0 Å². The molecule has 1 N–H and O–H groups in total. The van der Waals surface area contributed by atoms with E-state index in [1.54, 1.807) is 26.2 Å². The molecule has 0 bridgehead atoms. The van der Waals surface area contributed by atoms with E-state index in [2.05, 4.69) is 10.5 Å². The monoisotopic (exact) mass is 258 g/mol. The van der Waals surface area contributed by atoms with Gasteiger partial charge in [-0.1, -0.05) is 12.1 Å². The normalized spacial score (nSPS) is 10.6. The van der Waals surface area contributed by atoms with Crippen molar-refractivity contribution in [3.63, 3.8) is 0 Å². The molecular weight excluding hydrogens is 244 g/mol. The van der Waals surface area contributed by atoms with Gasteiger partial charge < -0.3 is 9.15 Å². The lowest BCUT2D eigenvalue weighted by Gasteiger charge is -1.99. The van der Waals surface area contributed by atoms with E-state index in [0.717, 1.165) is 11.3 Å². The summed E-state index contributed by atoms with van der Waals surface area (Å²) >= 11 is 0. The first-order valence-corrected chi connectivity index (χ1v) is 5.73. The number of rotatable bonds is 4. The minimum absolute atomic E-state index is 0.236. The van der Waals surface area contributed by atoms with Gasteiger partial charge in [-0.05, 0) is 36.8 Å². The summed E-state index contributed by atoms with van der Waals surface area (Å²) in [6.07, 6.45) is 1.54. The van der Waals surface area contributed by atoms with E-state index in [0.29, 0.717) is 5.76 Å². The van der Waals surface area contributed by atoms with E-state index >= 15 is 0 Å². The van der Waals surface area contributed by atoms with Crippen LogP contribution in [0.5, 0.6) is 5.75 Å². The minimum atomic E-state index is -0.382. The molecule has 1 amide bonds. The number of aryl methyl sites for hydroxylation is 1. The van der Waals surface area contributed by atoms with Crippen molar-refractivity contribution in [2.75, 3.05) is 7.11 Å². The second kappa shape index (κ2) is 5.86. The molecule has 1 heterocycles. The Labute approximate surface area is 110 Å². The van der Waals surface area contributed by atoms with Gasteiger partial charge in [0.1, 0.15) is 11.5 Å². The van der Waals surface area contributed by atoms with E-state index in [4.69, 9.17) is 9.15 Å². The highest BCUT2D eigenvalue weighted by Gasteiger charge is 2.07. The number of nitrogens with zero attached hydrogens (tertiary/aromatic N) is 1. The van der Waals surface area contributed by atoms with Crippen LogP contribution in [0.4, 0.5) is 0 Å². The zero-order chi connectivity index (χ0) is 13.7. The molecule has 0 aliphatic heterocycles. The molecule has 1 aromatic heterocycles. The fourth-order valence-electron chi connectivity index (χ4n) is 1.50. The number of benzene rings is 1. The largest absolute Gasteiger partial charge is 0.497 e. The number of carbonyl (C=O) groups excluding carboxylic acids is 1. The van der Waals surface area contributed by atoms with E-state index < -0.39 is 0 Å². The number of hydrogen-bond donors (Lipinski definition) is 1. The Bertz CT molecular complexity index is 602. The molecule has 19 heavy (non-hydrogen) atoms. The Morgan fingerprint density at radius 2 is 2.21 bits per heavy atom. The van der Waals surface area contributed by atoms with Crippen LogP contribution in [-0.2, 0) is 0 Å². The van der Waals surface area contributed by atoms with Crippen molar-refractivity contribution in [2.24, 2.45) is 5.10 Å². The van der Waals surface area contributed by atoms with E-state index in [9.17, 15) is 4.79 Å². The van der Waals surface area contributed by atoms with Crippen LogP contribution in [0.3, 0.4) is 0 Å². The molecule has 5 heteroatoms. The van der Waals surface area contributed by atoms with Gasteiger partial charge in [-0.3, -0.25) is 4.79 Å². The third-order valence-electron chi connectivity index (χ3n) is 2.44. The highest BCUT2D eigenvalue weighted by Crippen LogP contribution is 2.10. The molecule has 1 aromatic carbocycles. The van der Waals surface area contributed by atoms with Crippen LogP contribution in [0.15, 0.2) is 45.9 Å². The number of amides is 1. The van der Waals surface area contributed by atoms with E-state index in [1.807, 2.05) is 24.3 Å². The summed E-state index contributed by atoms with van der Waals surface area (Å²) < 4.78 is 10.3. The van der Waals surface area contributed by atoms with Crippen molar-refractivity contribution in [3.8, 4) is 5.75 Å². The average Bonchev–Trinajstić information content (AvgIpc) is 2.86.